The Morgan fingerprint density at radius 1 is 0.974 bits per heavy atom. The molecule has 0 unspecified atom stereocenters. The maximum absolute atomic E-state index is 13.1. The quantitative estimate of drug-likeness (QED) is 0.227. The van der Waals surface area contributed by atoms with Crippen LogP contribution >= 0.6 is 0 Å². The van der Waals surface area contributed by atoms with Crippen LogP contribution in [0.15, 0.2) is 72.8 Å². The fourth-order valence-corrected chi connectivity index (χ4v) is 3.86. The first-order valence-corrected chi connectivity index (χ1v) is 12.9. The van der Waals surface area contributed by atoms with Crippen molar-refractivity contribution in [2.24, 2.45) is 5.92 Å². The van der Waals surface area contributed by atoms with Gasteiger partial charge >= 0.3 is 12.2 Å². The summed E-state index contributed by atoms with van der Waals surface area (Å²) in [6.45, 7) is 6.51. The number of unbranched alkanes of at least 4 members (excludes halogenated alkanes) is 1. The van der Waals surface area contributed by atoms with E-state index in [-0.39, 0.29) is 17.8 Å². The Hall–Kier alpha value is -4.14. The molecule has 0 aliphatic carbocycles. The van der Waals surface area contributed by atoms with Crippen molar-refractivity contribution in [2.75, 3.05) is 11.9 Å². The third-order valence-corrected chi connectivity index (χ3v) is 6.01. The minimum Gasteiger partial charge on any atom is -0.462 e. The van der Waals surface area contributed by atoms with Crippen LogP contribution in [0.2, 0.25) is 0 Å². The molecule has 0 aliphatic rings. The van der Waals surface area contributed by atoms with Crippen LogP contribution in [0.3, 0.4) is 0 Å². The van der Waals surface area contributed by atoms with Crippen molar-refractivity contribution in [3.63, 3.8) is 0 Å². The Morgan fingerprint density at radius 2 is 1.64 bits per heavy atom. The number of nitrogens with one attached hydrogen (secondary N) is 1. The van der Waals surface area contributed by atoms with Crippen LogP contribution in [0.4, 0.5) is 18.9 Å². The molecule has 0 bridgehead atoms. The number of carbonyl (C=O) groups is 1. The number of nitrogens with zero attached hydrogens (tertiary/aromatic N) is 3. The van der Waals surface area contributed by atoms with Crippen molar-refractivity contribution in [3.8, 4) is 23.1 Å². The topological polar surface area (TPSA) is 69.0 Å². The number of benzene rings is 3. The van der Waals surface area contributed by atoms with Gasteiger partial charge in [0.1, 0.15) is 0 Å². The van der Waals surface area contributed by atoms with E-state index in [1.165, 1.54) is 22.4 Å². The molecule has 0 saturated heterocycles. The number of halogens is 3. The number of aryl methyl sites for hydroxylation is 1. The number of aromatic nitrogens is 3. The average Bonchev–Trinajstić information content (AvgIpc) is 3.35. The zero-order valence-electron chi connectivity index (χ0n) is 22.1. The Bertz CT molecular complexity index is 1380. The van der Waals surface area contributed by atoms with Crippen LogP contribution in [0, 0.1) is 5.92 Å². The number of hydrogen-bond acceptors (Lipinski definition) is 4. The molecule has 1 amide bonds. The summed E-state index contributed by atoms with van der Waals surface area (Å²) in [5, 5.41) is 7.33. The molecule has 0 fully saturated rings. The van der Waals surface area contributed by atoms with Gasteiger partial charge in [-0.05, 0) is 72.9 Å². The largest absolute Gasteiger partial charge is 0.462 e. The van der Waals surface area contributed by atoms with Crippen molar-refractivity contribution in [3.05, 3.63) is 89.5 Å². The number of anilines is 1. The first-order valence-electron chi connectivity index (χ1n) is 12.9. The highest BCUT2D eigenvalue weighted by Gasteiger charge is 2.30. The second-order valence-electron chi connectivity index (χ2n) is 9.71. The lowest BCUT2D eigenvalue weighted by molar-refractivity contribution is -0.137. The maximum Gasteiger partial charge on any atom is 0.416 e. The lowest BCUT2D eigenvalue weighted by Crippen LogP contribution is -2.12. The number of hydrogen-bond donors (Lipinski definition) is 1. The summed E-state index contributed by atoms with van der Waals surface area (Å²) >= 11 is 0. The van der Waals surface area contributed by atoms with Gasteiger partial charge in [0.15, 0.2) is 5.82 Å². The second kappa shape index (κ2) is 12.1. The molecule has 0 aliphatic heterocycles. The predicted octanol–water partition coefficient (Wildman–Crippen LogP) is 7.58. The number of amides is 1. The van der Waals surface area contributed by atoms with Crippen LogP contribution in [0.1, 0.15) is 55.1 Å². The summed E-state index contributed by atoms with van der Waals surface area (Å²) in [5.74, 6) is 0.352. The van der Waals surface area contributed by atoms with Crippen LogP contribution in [-0.2, 0) is 12.6 Å². The van der Waals surface area contributed by atoms with Gasteiger partial charge in [-0.15, -0.1) is 5.10 Å². The van der Waals surface area contributed by atoms with Crippen molar-refractivity contribution < 1.29 is 22.7 Å². The molecule has 4 aromatic rings. The molecule has 0 spiro atoms. The van der Waals surface area contributed by atoms with Gasteiger partial charge in [-0.2, -0.15) is 18.2 Å². The van der Waals surface area contributed by atoms with E-state index >= 15 is 0 Å². The maximum atomic E-state index is 13.1. The summed E-state index contributed by atoms with van der Waals surface area (Å²) in [5.41, 5.74) is 2.67. The van der Waals surface area contributed by atoms with E-state index in [0.29, 0.717) is 34.9 Å². The predicted molar refractivity (Wildman–Crippen MR) is 145 cm³/mol. The Kier molecular flexibility index (Phi) is 8.69. The van der Waals surface area contributed by atoms with E-state index in [9.17, 15) is 18.0 Å². The molecule has 1 N–H and O–H groups in total. The van der Waals surface area contributed by atoms with E-state index in [0.717, 1.165) is 31.4 Å². The van der Waals surface area contributed by atoms with Crippen LogP contribution in [0.5, 0.6) is 6.01 Å². The van der Waals surface area contributed by atoms with E-state index in [2.05, 4.69) is 22.3 Å². The van der Waals surface area contributed by atoms with E-state index in [1.54, 1.807) is 24.3 Å². The molecule has 39 heavy (non-hydrogen) atoms. The standard InChI is InChI=1S/C30H31F3N4O2/c1-4-5-6-21-7-9-23(10-8-21)28(38)34-25-15-17-26(18-16-25)37-27(35-29(36-37)39-19-20(2)3)22-11-13-24(14-12-22)30(31,32)33/h7-18,20H,4-6,19H2,1-3H3,(H,34,38). The third-order valence-electron chi connectivity index (χ3n) is 6.01. The number of carbonyl (C=O) groups excluding carboxylic acids is 1. The van der Waals surface area contributed by atoms with E-state index in [4.69, 9.17) is 4.74 Å². The molecule has 0 atom stereocenters. The Morgan fingerprint density at radius 3 is 2.23 bits per heavy atom. The molecular formula is C30H31F3N4O2. The zero-order chi connectivity index (χ0) is 28.0. The zero-order valence-corrected chi connectivity index (χ0v) is 22.1. The highest BCUT2D eigenvalue weighted by atomic mass is 19.4. The molecule has 9 heteroatoms. The molecule has 0 saturated carbocycles. The second-order valence-corrected chi connectivity index (χ2v) is 9.71. The van der Waals surface area contributed by atoms with Gasteiger partial charge in [-0.25, -0.2) is 4.68 Å². The van der Waals surface area contributed by atoms with Crippen LogP contribution in [0.25, 0.3) is 17.1 Å². The minimum absolute atomic E-state index is 0.123. The average molecular weight is 537 g/mol. The lowest BCUT2D eigenvalue weighted by Gasteiger charge is -2.10. The normalized spacial score (nSPS) is 11.6. The highest BCUT2D eigenvalue weighted by Crippen LogP contribution is 2.31. The van der Waals surface area contributed by atoms with E-state index in [1.807, 2.05) is 38.1 Å². The van der Waals surface area contributed by atoms with Crippen molar-refractivity contribution in [2.45, 2.75) is 46.2 Å². The third kappa shape index (κ3) is 7.25. The molecule has 204 valence electrons. The number of rotatable bonds is 10. The van der Waals surface area contributed by atoms with Crippen molar-refractivity contribution >= 4 is 11.6 Å². The molecule has 1 heterocycles. The SMILES string of the molecule is CCCCc1ccc(C(=O)Nc2ccc(-n3nc(OCC(C)C)nc3-c3ccc(C(F)(F)F)cc3)cc2)cc1. The highest BCUT2D eigenvalue weighted by molar-refractivity contribution is 6.04. The molecular weight excluding hydrogens is 505 g/mol. The van der Waals surface area contributed by atoms with Gasteiger partial charge in [-0.1, -0.05) is 51.5 Å². The van der Waals surface area contributed by atoms with Gasteiger partial charge in [0.05, 0.1) is 17.9 Å². The lowest BCUT2D eigenvalue weighted by atomic mass is 10.1. The molecule has 0 radical (unpaired) electrons. The van der Waals surface area contributed by atoms with Crippen molar-refractivity contribution in [1.29, 1.82) is 0 Å². The summed E-state index contributed by atoms with van der Waals surface area (Å²) in [4.78, 5) is 17.2. The van der Waals surface area contributed by atoms with Gasteiger partial charge in [0.25, 0.3) is 5.91 Å². The molecule has 4 rings (SSSR count). The fraction of sp³-hybridized carbons (Fsp3) is 0.300. The van der Waals surface area contributed by atoms with Gasteiger partial charge in [-0.3, -0.25) is 4.79 Å². The van der Waals surface area contributed by atoms with Crippen molar-refractivity contribution in [1.82, 2.24) is 14.8 Å². The first-order chi connectivity index (χ1) is 18.6. The smallest absolute Gasteiger partial charge is 0.416 e. The minimum atomic E-state index is -4.44. The fourth-order valence-electron chi connectivity index (χ4n) is 3.86. The van der Waals surface area contributed by atoms with Gasteiger partial charge in [0.2, 0.25) is 0 Å². The monoisotopic (exact) mass is 536 g/mol. The summed E-state index contributed by atoms with van der Waals surface area (Å²) in [7, 11) is 0. The number of alkyl halides is 3. The first kappa shape index (κ1) is 27.9. The number of ether oxygens (including phenoxy) is 1. The molecule has 3 aromatic carbocycles. The summed E-state index contributed by atoms with van der Waals surface area (Å²) in [6, 6.07) is 19.4. The van der Waals surface area contributed by atoms with Crippen LogP contribution < -0.4 is 10.1 Å². The Labute approximate surface area is 225 Å². The molecule has 6 nitrogen and oxygen atoms in total. The van der Waals surface area contributed by atoms with E-state index < -0.39 is 11.7 Å². The van der Waals surface area contributed by atoms with Gasteiger partial charge in [0, 0.05) is 16.8 Å². The summed E-state index contributed by atoms with van der Waals surface area (Å²) in [6.07, 6.45) is -1.23. The van der Waals surface area contributed by atoms with Gasteiger partial charge < -0.3 is 10.1 Å². The Balaban J connectivity index is 1.55. The molecule has 1 aromatic heterocycles. The summed E-state index contributed by atoms with van der Waals surface area (Å²) < 4.78 is 46.4. The van der Waals surface area contributed by atoms with Crippen LogP contribution in [-0.4, -0.2) is 27.3 Å².